The van der Waals surface area contributed by atoms with E-state index in [0.717, 1.165) is 0 Å². The van der Waals surface area contributed by atoms with E-state index >= 15 is 0 Å². The summed E-state index contributed by atoms with van der Waals surface area (Å²) in [5, 5.41) is 12.7. The van der Waals surface area contributed by atoms with E-state index in [4.69, 9.17) is 37.4 Å². The fraction of sp³-hybridized carbons (Fsp3) is 0.167. The number of carbonyl (C=O) groups is 4. The van der Waals surface area contributed by atoms with Crippen molar-refractivity contribution >= 4 is 45.9 Å². The molecule has 0 amide bonds. The van der Waals surface area contributed by atoms with E-state index in [9.17, 15) is 19.2 Å². The molecule has 1 heterocycles. The van der Waals surface area contributed by atoms with Crippen LogP contribution in [0.5, 0.6) is 0 Å². The molecule has 0 radical (unpaired) electrons. The molecule has 2 aromatic carbocycles. The number of ether oxygens (including phenoxy) is 6. The van der Waals surface area contributed by atoms with E-state index in [2.05, 4.69) is 21.3 Å². The standard InChI is InChI=1S/C48H44N4O10.4O.2U/c53-45-33-9-5-17-41(45)59-25-21-57-23-27-61-43-19-7-11-35(47(43)55)31-51-39-15-3-4-16-40(39)52-32-36-12-8-20-44(48(36)56)62-28-24-58-22-26-60-42-18-6-10-34(46(42)54)30-50-38-14-2-1-13-37(38)49-29-33;;;;;;/h1-20,29-32,49-52H,21-28H2;;;;;;/b33-29-,34-30?,35-31?,36-32?;;;;;;. The van der Waals surface area contributed by atoms with Crippen molar-refractivity contribution in [2.75, 3.05) is 74.1 Å². The van der Waals surface area contributed by atoms with Crippen LogP contribution in [0.1, 0.15) is 0 Å². The fourth-order valence-electron chi connectivity index (χ4n) is 6.18. The summed E-state index contributed by atoms with van der Waals surface area (Å²) in [5.74, 6) is -0.549. The first-order chi connectivity index (χ1) is 33.3. The van der Waals surface area contributed by atoms with Crippen molar-refractivity contribution in [1.82, 2.24) is 0 Å². The molecule has 8 bridgehead atoms. The van der Waals surface area contributed by atoms with Gasteiger partial charge in [-0.3, -0.25) is 19.2 Å². The molecule has 0 spiro atoms. The molecule has 0 fully saturated rings. The second-order valence-electron chi connectivity index (χ2n) is 13.7. The summed E-state index contributed by atoms with van der Waals surface area (Å²) < 4.78 is 68.6. The SMILES string of the molecule is O=C1C2=CNc3ccccc3NC=C3C=CC=C(OCCOCCOC4=CC=C/C(=C/Nc5ccccc5NC=C5C=CC=C(OCCOCCOC1=CC=C2)C5=O)C4=O)C3=O.[O]=[U]=[O].[O]=[U]=[O]. The molecular formula is C48H44N4O14U2. The number of hydrogen-bond acceptors (Lipinski definition) is 18. The topological polar surface area (TPSA) is 240 Å². The molecule has 20 heteroatoms. The van der Waals surface area contributed by atoms with Crippen LogP contribution in [0.25, 0.3) is 0 Å². The van der Waals surface area contributed by atoms with Gasteiger partial charge >= 0.3 is 64.6 Å². The van der Waals surface area contributed by atoms with Crippen LogP contribution >= 0.6 is 0 Å². The van der Waals surface area contributed by atoms with Gasteiger partial charge in [-0.15, -0.1) is 0 Å². The van der Waals surface area contributed by atoms with Gasteiger partial charge in [-0.05, 0) is 72.9 Å². The predicted molar refractivity (Wildman–Crippen MR) is 237 cm³/mol. The Morgan fingerprint density at radius 3 is 0.794 bits per heavy atom. The van der Waals surface area contributed by atoms with Crippen LogP contribution in [0.4, 0.5) is 22.7 Å². The zero-order valence-corrected chi connectivity index (χ0v) is 44.6. The molecule has 7 rings (SSSR count). The number of allylic oxidation sites excluding steroid dienone is 16. The molecule has 0 saturated heterocycles. The molecule has 4 aliphatic carbocycles. The van der Waals surface area contributed by atoms with Crippen molar-refractivity contribution < 1.29 is 112 Å². The van der Waals surface area contributed by atoms with Gasteiger partial charge in [-0.2, -0.15) is 0 Å². The third kappa shape index (κ3) is 16.4. The molecule has 18 nitrogen and oxygen atoms in total. The van der Waals surface area contributed by atoms with Crippen molar-refractivity contribution in [2.24, 2.45) is 0 Å². The monoisotopic (exact) mass is 1380 g/mol. The van der Waals surface area contributed by atoms with Crippen LogP contribution in [-0.4, -0.2) is 76.0 Å². The molecular weight excluding hydrogens is 1330 g/mol. The van der Waals surface area contributed by atoms with E-state index < -0.39 is 55.6 Å². The number of benzene rings is 2. The van der Waals surface area contributed by atoms with Gasteiger partial charge in [0.1, 0.15) is 26.4 Å². The first-order valence-corrected chi connectivity index (χ1v) is 27.5. The number of Topliss-reactive ketones (excluding diaryl/α,β-unsaturated/α-hetero) is 4. The second-order valence-corrected chi connectivity index (χ2v) is 15.1. The molecule has 0 saturated carbocycles. The zero-order valence-electron chi connectivity index (χ0n) is 36.2. The Balaban J connectivity index is 0.00000137. The van der Waals surface area contributed by atoms with Gasteiger partial charge in [-0.1, -0.05) is 48.6 Å². The summed E-state index contributed by atoms with van der Waals surface area (Å²) in [5.41, 5.74) is 4.14. The maximum atomic E-state index is 13.2. The average Bonchev–Trinajstić information content (AvgIpc) is 3.34. The van der Waals surface area contributed by atoms with E-state index in [1.807, 2.05) is 48.5 Å². The first-order valence-electron chi connectivity index (χ1n) is 20.7. The van der Waals surface area contributed by atoms with Crippen molar-refractivity contribution in [3.8, 4) is 0 Å². The van der Waals surface area contributed by atoms with Gasteiger partial charge in [0, 0.05) is 47.1 Å². The summed E-state index contributed by atoms with van der Waals surface area (Å²) in [7, 11) is 0. The molecule has 4 N–H and O–H groups in total. The Labute approximate surface area is 420 Å². The molecule has 2 aromatic rings. The van der Waals surface area contributed by atoms with Gasteiger partial charge < -0.3 is 49.7 Å². The van der Waals surface area contributed by atoms with Gasteiger partial charge in [0.15, 0.2) is 23.0 Å². The minimum absolute atomic E-state index is 0.117. The van der Waals surface area contributed by atoms with Crippen LogP contribution in [-0.2, 0) is 56.5 Å². The van der Waals surface area contributed by atoms with Crippen LogP contribution in [0.3, 0.4) is 0 Å². The number of rotatable bonds is 0. The van der Waals surface area contributed by atoms with E-state index in [1.54, 1.807) is 97.7 Å². The van der Waals surface area contributed by atoms with Crippen molar-refractivity contribution in [3.63, 3.8) is 0 Å². The predicted octanol–water partition coefficient (Wildman–Crippen LogP) is 6.30. The minimum atomic E-state index is -2.51. The summed E-state index contributed by atoms with van der Waals surface area (Å²) in [6.07, 6.45) is 26.3. The number of hydrogen-bond donors (Lipinski definition) is 4. The molecule has 1 aliphatic heterocycles. The Hall–Kier alpha value is -6.38. The molecule has 0 unspecified atom stereocenters. The van der Waals surface area contributed by atoms with E-state index in [1.165, 1.54) is 0 Å². The van der Waals surface area contributed by atoms with Crippen LogP contribution in [0.15, 0.2) is 192 Å². The Bertz CT molecular complexity index is 2330. The van der Waals surface area contributed by atoms with Gasteiger partial charge in [-0.25, -0.2) is 0 Å². The molecule has 0 aromatic heterocycles. The first kappa shape index (κ1) is 52.6. The van der Waals surface area contributed by atoms with Gasteiger partial charge in [0.2, 0.25) is 23.1 Å². The van der Waals surface area contributed by atoms with Crippen molar-refractivity contribution in [3.05, 3.63) is 192 Å². The fourth-order valence-corrected chi connectivity index (χ4v) is 6.18. The van der Waals surface area contributed by atoms with Crippen LogP contribution < -0.4 is 21.3 Å². The third-order valence-corrected chi connectivity index (χ3v) is 9.37. The van der Waals surface area contributed by atoms with E-state index in [0.29, 0.717) is 45.0 Å². The molecule has 348 valence electrons. The average molecular weight is 1380 g/mol. The Kier molecular flexibility index (Phi) is 22.7. The summed E-state index contributed by atoms with van der Waals surface area (Å²) in [6.45, 7) is 1.20. The number of carbonyl (C=O) groups excluding carboxylic acids is 4. The van der Waals surface area contributed by atoms with Gasteiger partial charge in [0.05, 0.1) is 49.2 Å². The summed E-state index contributed by atoms with van der Waals surface area (Å²) in [4.78, 5) is 52.9. The summed E-state index contributed by atoms with van der Waals surface area (Å²) in [6, 6.07) is 14.7. The van der Waals surface area contributed by atoms with Gasteiger partial charge in [0.25, 0.3) is 0 Å². The summed E-state index contributed by atoms with van der Waals surface area (Å²) >= 11 is -5.01. The van der Waals surface area contributed by atoms with Crippen molar-refractivity contribution in [2.45, 2.75) is 0 Å². The third-order valence-electron chi connectivity index (χ3n) is 9.37. The quantitative estimate of drug-likeness (QED) is 0.226. The Morgan fingerprint density at radius 2 is 0.574 bits per heavy atom. The number of anilines is 4. The van der Waals surface area contributed by atoms with Crippen molar-refractivity contribution in [1.29, 1.82) is 0 Å². The number of fused-ring (bicyclic) bond motifs is 10. The van der Waals surface area contributed by atoms with Crippen LogP contribution in [0, 0.1) is 55.6 Å². The van der Waals surface area contributed by atoms with E-state index in [-0.39, 0.29) is 99.0 Å². The Morgan fingerprint density at radius 1 is 0.353 bits per heavy atom. The normalized spacial score (nSPS) is 18.6. The molecule has 0 atom stereocenters. The second kappa shape index (κ2) is 29.4. The zero-order chi connectivity index (χ0) is 48.4. The number of ketones is 4. The molecule has 68 heavy (non-hydrogen) atoms. The number of nitrogens with one attached hydrogen (secondary N) is 4. The number of para-hydroxylation sites is 4. The van der Waals surface area contributed by atoms with Crippen LogP contribution in [0.2, 0.25) is 0 Å². The maximum absolute atomic E-state index is 13.2. The molecule has 5 aliphatic rings.